The van der Waals surface area contributed by atoms with E-state index in [2.05, 4.69) is 15.1 Å². The first-order valence-electron chi connectivity index (χ1n) is 6.11. The lowest BCUT2D eigenvalue weighted by Gasteiger charge is -2.02. The molecule has 0 amide bonds. The zero-order valence-electron chi connectivity index (χ0n) is 10.8. The summed E-state index contributed by atoms with van der Waals surface area (Å²) in [5, 5.41) is 12.8. The fourth-order valence-electron chi connectivity index (χ4n) is 2.03. The van der Waals surface area contributed by atoms with Crippen LogP contribution in [0.1, 0.15) is 22.1 Å². The summed E-state index contributed by atoms with van der Waals surface area (Å²) in [4.78, 5) is 19.4. The molecule has 0 radical (unpaired) electrons. The molecule has 0 spiro atoms. The molecule has 0 atom stereocenters. The van der Waals surface area contributed by atoms with Crippen molar-refractivity contribution in [2.45, 2.75) is 19.9 Å². The molecular formula is C13H12N4O3. The number of benzene rings is 1. The predicted octanol–water partition coefficient (Wildman–Crippen LogP) is 1.67. The molecule has 1 aromatic carbocycles. The maximum Gasteiger partial charge on any atom is 0.335 e. The van der Waals surface area contributed by atoms with Gasteiger partial charge < -0.3 is 14.2 Å². The lowest BCUT2D eigenvalue weighted by atomic mass is 10.2. The Morgan fingerprint density at radius 3 is 3.00 bits per heavy atom. The highest BCUT2D eigenvalue weighted by molar-refractivity contribution is 5.92. The highest BCUT2D eigenvalue weighted by Crippen LogP contribution is 2.15. The lowest BCUT2D eigenvalue weighted by molar-refractivity contribution is 0.0697. The Bertz CT molecular complexity index is 775. The Hall–Kier alpha value is -2.70. The van der Waals surface area contributed by atoms with Crippen LogP contribution in [0.25, 0.3) is 11.0 Å². The van der Waals surface area contributed by atoms with Crippen LogP contribution in [-0.4, -0.2) is 30.8 Å². The van der Waals surface area contributed by atoms with Crippen LogP contribution in [0.5, 0.6) is 0 Å². The van der Waals surface area contributed by atoms with Crippen LogP contribution in [0.2, 0.25) is 0 Å². The Morgan fingerprint density at radius 2 is 2.30 bits per heavy atom. The van der Waals surface area contributed by atoms with Gasteiger partial charge in [-0.15, -0.1) is 0 Å². The van der Waals surface area contributed by atoms with Gasteiger partial charge >= 0.3 is 5.97 Å². The number of imidazole rings is 1. The number of hydrogen-bond acceptors (Lipinski definition) is 5. The molecule has 0 bridgehead atoms. The minimum Gasteiger partial charge on any atom is -0.478 e. The number of carboxylic acid groups (broad SMARTS) is 1. The van der Waals surface area contributed by atoms with E-state index in [1.807, 2.05) is 4.57 Å². The molecule has 1 N–H and O–H groups in total. The molecule has 0 fully saturated rings. The van der Waals surface area contributed by atoms with E-state index in [0.29, 0.717) is 24.7 Å². The molecule has 0 unspecified atom stereocenters. The summed E-state index contributed by atoms with van der Waals surface area (Å²) in [5.41, 5.74) is 1.79. The third kappa shape index (κ3) is 2.25. The minimum absolute atomic E-state index is 0.245. The summed E-state index contributed by atoms with van der Waals surface area (Å²) >= 11 is 0. The van der Waals surface area contributed by atoms with Gasteiger partial charge in [-0.05, 0) is 18.2 Å². The SMILES string of the molecule is Cc1nc(CCn2cnc3ccc(C(=O)O)cc32)no1. The van der Waals surface area contributed by atoms with Gasteiger partial charge in [0.15, 0.2) is 5.82 Å². The van der Waals surface area contributed by atoms with E-state index in [1.165, 1.54) is 0 Å². The summed E-state index contributed by atoms with van der Waals surface area (Å²) in [6.45, 7) is 2.35. The smallest absolute Gasteiger partial charge is 0.335 e. The summed E-state index contributed by atoms with van der Waals surface area (Å²) in [5.74, 6) is 0.204. The van der Waals surface area contributed by atoms with Crippen molar-refractivity contribution in [2.24, 2.45) is 0 Å². The van der Waals surface area contributed by atoms with E-state index in [9.17, 15) is 4.79 Å². The number of carboxylic acids is 1. The number of hydrogen-bond donors (Lipinski definition) is 1. The summed E-state index contributed by atoms with van der Waals surface area (Å²) < 4.78 is 6.79. The first-order valence-corrected chi connectivity index (χ1v) is 6.11. The number of aryl methyl sites for hydroxylation is 3. The minimum atomic E-state index is -0.951. The number of nitrogens with zero attached hydrogens (tertiary/aromatic N) is 4. The van der Waals surface area contributed by atoms with Crippen LogP contribution in [0.3, 0.4) is 0 Å². The molecule has 0 aliphatic carbocycles. The van der Waals surface area contributed by atoms with Crippen molar-refractivity contribution in [1.82, 2.24) is 19.7 Å². The molecule has 3 aromatic rings. The molecular weight excluding hydrogens is 260 g/mol. The quantitative estimate of drug-likeness (QED) is 0.776. The first-order chi connectivity index (χ1) is 9.63. The van der Waals surface area contributed by atoms with Gasteiger partial charge in [0, 0.05) is 19.9 Å². The van der Waals surface area contributed by atoms with Crippen LogP contribution in [0, 0.1) is 6.92 Å². The Labute approximate surface area is 113 Å². The second kappa shape index (κ2) is 4.76. The first kappa shape index (κ1) is 12.3. The van der Waals surface area contributed by atoms with Gasteiger partial charge in [0.25, 0.3) is 0 Å². The molecule has 0 saturated carbocycles. The van der Waals surface area contributed by atoms with Gasteiger partial charge in [-0.3, -0.25) is 0 Å². The zero-order valence-corrected chi connectivity index (χ0v) is 10.8. The van der Waals surface area contributed by atoms with Crippen molar-refractivity contribution in [3.05, 3.63) is 41.8 Å². The third-order valence-corrected chi connectivity index (χ3v) is 3.01. The van der Waals surface area contributed by atoms with E-state index in [4.69, 9.17) is 9.63 Å². The van der Waals surface area contributed by atoms with Gasteiger partial charge in [-0.25, -0.2) is 9.78 Å². The topological polar surface area (TPSA) is 94.0 Å². The van der Waals surface area contributed by atoms with Gasteiger partial charge in [0.05, 0.1) is 22.9 Å². The number of rotatable bonds is 4. The number of aromatic nitrogens is 4. The highest BCUT2D eigenvalue weighted by atomic mass is 16.5. The van der Waals surface area contributed by atoms with Crippen molar-refractivity contribution >= 4 is 17.0 Å². The monoisotopic (exact) mass is 272 g/mol. The van der Waals surface area contributed by atoms with E-state index >= 15 is 0 Å². The number of carbonyl (C=O) groups is 1. The van der Waals surface area contributed by atoms with Crippen LogP contribution < -0.4 is 0 Å². The standard InChI is InChI=1S/C13H12N4O3/c1-8-15-12(16-20-8)4-5-17-7-14-10-3-2-9(13(18)19)6-11(10)17/h2-3,6-7H,4-5H2,1H3,(H,18,19). The van der Waals surface area contributed by atoms with Crippen LogP contribution >= 0.6 is 0 Å². The second-order valence-electron chi connectivity index (χ2n) is 4.43. The molecule has 7 nitrogen and oxygen atoms in total. The molecule has 102 valence electrons. The maximum atomic E-state index is 11.0. The highest BCUT2D eigenvalue weighted by Gasteiger charge is 2.09. The fourth-order valence-corrected chi connectivity index (χ4v) is 2.03. The van der Waals surface area contributed by atoms with Crippen molar-refractivity contribution in [2.75, 3.05) is 0 Å². The van der Waals surface area contributed by atoms with Crippen molar-refractivity contribution < 1.29 is 14.4 Å². The molecule has 20 heavy (non-hydrogen) atoms. The van der Waals surface area contributed by atoms with Crippen LogP contribution in [0.4, 0.5) is 0 Å². The summed E-state index contributed by atoms with van der Waals surface area (Å²) in [6, 6.07) is 4.87. The van der Waals surface area contributed by atoms with E-state index < -0.39 is 5.97 Å². The Morgan fingerprint density at radius 1 is 1.45 bits per heavy atom. The predicted molar refractivity (Wildman–Crippen MR) is 69.4 cm³/mol. The van der Waals surface area contributed by atoms with Crippen molar-refractivity contribution in [1.29, 1.82) is 0 Å². The van der Waals surface area contributed by atoms with E-state index in [1.54, 1.807) is 31.5 Å². The largest absolute Gasteiger partial charge is 0.478 e. The number of aromatic carboxylic acids is 1. The molecule has 0 aliphatic heterocycles. The van der Waals surface area contributed by atoms with Crippen molar-refractivity contribution in [3.8, 4) is 0 Å². The molecule has 0 aliphatic rings. The molecule has 2 heterocycles. The normalized spacial score (nSPS) is 11.1. The van der Waals surface area contributed by atoms with Crippen LogP contribution in [-0.2, 0) is 13.0 Å². The summed E-state index contributed by atoms with van der Waals surface area (Å²) in [6.07, 6.45) is 2.28. The van der Waals surface area contributed by atoms with Gasteiger partial charge in [0.2, 0.25) is 5.89 Å². The average molecular weight is 272 g/mol. The summed E-state index contributed by atoms with van der Waals surface area (Å²) in [7, 11) is 0. The molecule has 7 heteroatoms. The molecule has 0 saturated heterocycles. The van der Waals surface area contributed by atoms with Gasteiger partial charge in [-0.1, -0.05) is 5.16 Å². The molecule has 3 rings (SSSR count). The lowest BCUT2D eigenvalue weighted by Crippen LogP contribution is -2.02. The fraction of sp³-hybridized carbons (Fsp3) is 0.231. The Kier molecular flexibility index (Phi) is 2.94. The third-order valence-electron chi connectivity index (χ3n) is 3.01. The van der Waals surface area contributed by atoms with Crippen LogP contribution in [0.15, 0.2) is 29.0 Å². The van der Waals surface area contributed by atoms with E-state index in [-0.39, 0.29) is 5.56 Å². The number of fused-ring (bicyclic) bond motifs is 1. The van der Waals surface area contributed by atoms with Gasteiger partial charge in [-0.2, -0.15) is 4.98 Å². The Balaban J connectivity index is 1.87. The van der Waals surface area contributed by atoms with E-state index in [0.717, 1.165) is 11.0 Å². The zero-order chi connectivity index (χ0) is 14.1. The molecule has 2 aromatic heterocycles. The maximum absolute atomic E-state index is 11.0. The second-order valence-corrected chi connectivity index (χ2v) is 4.43. The van der Waals surface area contributed by atoms with Gasteiger partial charge in [0.1, 0.15) is 0 Å². The van der Waals surface area contributed by atoms with Crippen molar-refractivity contribution in [3.63, 3.8) is 0 Å². The average Bonchev–Trinajstić information content (AvgIpc) is 3.02.